The summed E-state index contributed by atoms with van der Waals surface area (Å²) in [7, 11) is 0. The van der Waals surface area contributed by atoms with Crippen LogP contribution in [-0.2, 0) is 4.79 Å². The lowest BCUT2D eigenvalue weighted by molar-refractivity contribution is -0.137. The number of carbonyl (C=O) groups is 1. The number of hydrogen-bond acceptors (Lipinski definition) is 2. The van der Waals surface area contributed by atoms with Crippen molar-refractivity contribution in [3.8, 4) is 0 Å². The maximum atomic E-state index is 11.4. The number of aliphatic carboxylic acids is 1. The second kappa shape index (κ2) is 6.70. The van der Waals surface area contributed by atoms with E-state index in [2.05, 4.69) is 13.8 Å². The van der Waals surface area contributed by atoms with E-state index >= 15 is 0 Å². The molecule has 2 nitrogen and oxygen atoms in total. The number of rotatable bonds is 6. The molecule has 1 unspecified atom stereocenters. The van der Waals surface area contributed by atoms with Crippen LogP contribution in [0.15, 0.2) is 29.2 Å². The van der Waals surface area contributed by atoms with E-state index in [9.17, 15) is 9.90 Å². The van der Waals surface area contributed by atoms with Crippen LogP contribution in [0.25, 0.3) is 0 Å². The average molecular weight is 252 g/mol. The second-order valence-corrected chi connectivity index (χ2v) is 5.40. The Bertz CT molecular complexity index is 372. The maximum absolute atomic E-state index is 11.4. The molecule has 1 atom stereocenters. The highest BCUT2D eigenvalue weighted by molar-refractivity contribution is 8.00. The van der Waals surface area contributed by atoms with Crippen LogP contribution in [0.3, 0.4) is 0 Å². The van der Waals surface area contributed by atoms with Crippen LogP contribution >= 0.6 is 11.8 Å². The summed E-state index contributed by atoms with van der Waals surface area (Å²) < 4.78 is 0. The summed E-state index contributed by atoms with van der Waals surface area (Å²) in [6.07, 6.45) is 1.82. The Labute approximate surface area is 107 Å². The van der Waals surface area contributed by atoms with Crippen molar-refractivity contribution in [1.82, 2.24) is 0 Å². The zero-order valence-electron chi connectivity index (χ0n) is 10.6. The molecular formula is C14H20O2S. The first kappa shape index (κ1) is 14.1. The molecule has 1 N–H and O–H groups in total. The molecule has 0 spiro atoms. The summed E-state index contributed by atoms with van der Waals surface area (Å²) >= 11 is 1.48. The Kier molecular flexibility index (Phi) is 5.56. The minimum atomic E-state index is -0.702. The molecule has 0 aliphatic heterocycles. The van der Waals surface area contributed by atoms with Crippen LogP contribution in [0.4, 0.5) is 0 Å². The van der Waals surface area contributed by atoms with Gasteiger partial charge < -0.3 is 5.11 Å². The molecule has 0 aromatic heterocycles. The van der Waals surface area contributed by atoms with Gasteiger partial charge in [-0.3, -0.25) is 4.79 Å². The third kappa shape index (κ3) is 3.77. The Hall–Kier alpha value is -0.960. The highest BCUT2D eigenvalue weighted by atomic mass is 32.2. The average Bonchev–Trinajstić information content (AvgIpc) is 2.31. The molecule has 94 valence electrons. The first-order chi connectivity index (χ1) is 8.10. The van der Waals surface area contributed by atoms with Gasteiger partial charge in [-0.15, -0.1) is 11.8 Å². The minimum absolute atomic E-state index is 0.233. The summed E-state index contributed by atoms with van der Waals surface area (Å²) in [5.41, 5.74) is 1.15. The van der Waals surface area contributed by atoms with Crippen molar-refractivity contribution in [3.05, 3.63) is 29.8 Å². The molecule has 3 heteroatoms. The van der Waals surface area contributed by atoms with Crippen molar-refractivity contribution in [2.45, 2.75) is 43.8 Å². The zero-order chi connectivity index (χ0) is 12.8. The first-order valence-corrected chi connectivity index (χ1v) is 6.93. The summed E-state index contributed by atoms with van der Waals surface area (Å²) in [6, 6.07) is 7.96. The smallest absolute Gasteiger partial charge is 0.317 e. The molecule has 1 aromatic rings. The van der Waals surface area contributed by atoms with Gasteiger partial charge in [-0.05, 0) is 24.5 Å². The quantitative estimate of drug-likeness (QED) is 0.778. The number of hydrogen-bond donors (Lipinski definition) is 1. The molecule has 0 fully saturated rings. The Morgan fingerprint density at radius 1 is 1.29 bits per heavy atom. The molecule has 17 heavy (non-hydrogen) atoms. The molecule has 0 heterocycles. The SMILES string of the molecule is CCC(CC)C(Sc1ccccc1C)C(=O)O. The standard InChI is InChI=1S/C14H20O2S/c1-4-11(5-2)13(14(15)16)17-12-9-7-6-8-10(12)3/h6-9,11,13H,4-5H2,1-3H3,(H,15,16). The first-order valence-electron chi connectivity index (χ1n) is 6.05. The van der Waals surface area contributed by atoms with Crippen LogP contribution in [0, 0.1) is 12.8 Å². The van der Waals surface area contributed by atoms with Gasteiger partial charge in [0.1, 0.15) is 5.25 Å². The third-order valence-electron chi connectivity index (χ3n) is 3.07. The Morgan fingerprint density at radius 2 is 1.88 bits per heavy atom. The van der Waals surface area contributed by atoms with Gasteiger partial charge in [0.05, 0.1) is 0 Å². The fraction of sp³-hybridized carbons (Fsp3) is 0.500. The van der Waals surface area contributed by atoms with Crippen molar-refractivity contribution in [1.29, 1.82) is 0 Å². The molecule has 0 bridgehead atoms. The number of carboxylic acids is 1. The van der Waals surface area contributed by atoms with Crippen molar-refractivity contribution in [2.75, 3.05) is 0 Å². The molecular weight excluding hydrogens is 232 g/mol. The van der Waals surface area contributed by atoms with E-state index in [0.29, 0.717) is 0 Å². The van der Waals surface area contributed by atoms with E-state index in [1.807, 2.05) is 31.2 Å². The summed E-state index contributed by atoms with van der Waals surface area (Å²) in [4.78, 5) is 12.4. The number of benzene rings is 1. The van der Waals surface area contributed by atoms with Gasteiger partial charge in [-0.25, -0.2) is 0 Å². The molecule has 0 saturated heterocycles. The van der Waals surface area contributed by atoms with Gasteiger partial charge in [-0.2, -0.15) is 0 Å². The number of aryl methyl sites for hydroxylation is 1. The van der Waals surface area contributed by atoms with Crippen molar-refractivity contribution < 1.29 is 9.90 Å². The fourth-order valence-corrected chi connectivity index (χ4v) is 3.25. The van der Waals surface area contributed by atoms with E-state index in [1.165, 1.54) is 11.8 Å². The van der Waals surface area contributed by atoms with Gasteiger partial charge in [-0.1, -0.05) is 44.9 Å². The topological polar surface area (TPSA) is 37.3 Å². The monoisotopic (exact) mass is 252 g/mol. The van der Waals surface area contributed by atoms with Gasteiger partial charge in [0.2, 0.25) is 0 Å². The maximum Gasteiger partial charge on any atom is 0.317 e. The van der Waals surface area contributed by atoms with Crippen molar-refractivity contribution >= 4 is 17.7 Å². The minimum Gasteiger partial charge on any atom is -0.480 e. The van der Waals surface area contributed by atoms with Gasteiger partial charge >= 0.3 is 5.97 Å². The summed E-state index contributed by atoms with van der Waals surface area (Å²) in [5.74, 6) is -0.468. The molecule has 1 rings (SSSR count). The predicted octanol–water partition coefficient (Wildman–Crippen LogP) is 3.98. The highest BCUT2D eigenvalue weighted by Gasteiger charge is 2.27. The van der Waals surface area contributed by atoms with Crippen molar-refractivity contribution in [3.63, 3.8) is 0 Å². The van der Waals surface area contributed by atoms with E-state index in [-0.39, 0.29) is 11.2 Å². The third-order valence-corrected chi connectivity index (χ3v) is 4.62. The lowest BCUT2D eigenvalue weighted by atomic mass is 9.99. The molecule has 0 radical (unpaired) electrons. The largest absolute Gasteiger partial charge is 0.480 e. The molecule has 0 saturated carbocycles. The van der Waals surface area contributed by atoms with Gasteiger partial charge in [0, 0.05) is 4.90 Å². The number of carboxylic acid groups (broad SMARTS) is 1. The molecule has 1 aromatic carbocycles. The second-order valence-electron chi connectivity index (χ2n) is 4.22. The van der Waals surface area contributed by atoms with Crippen LogP contribution in [-0.4, -0.2) is 16.3 Å². The molecule has 0 aliphatic carbocycles. The molecule has 0 amide bonds. The highest BCUT2D eigenvalue weighted by Crippen LogP contribution is 2.33. The lowest BCUT2D eigenvalue weighted by Crippen LogP contribution is -2.25. The normalized spacial score (nSPS) is 12.7. The zero-order valence-corrected chi connectivity index (χ0v) is 11.5. The van der Waals surface area contributed by atoms with E-state index in [4.69, 9.17) is 0 Å². The van der Waals surface area contributed by atoms with E-state index in [0.717, 1.165) is 23.3 Å². The summed E-state index contributed by atoms with van der Waals surface area (Å²) in [5, 5.41) is 9.00. The van der Waals surface area contributed by atoms with Crippen LogP contribution in [0.2, 0.25) is 0 Å². The van der Waals surface area contributed by atoms with Gasteiger partial charge in [0.15, 0.2) is 0 Å². The van der Waals surface area contributed by atoms with Gasteiger partial charge in [0.25, 0.3) is 0 Å². The summed E-state index contributed by atoms with van der Waals surface area (Å²) in [6.45, 7) is 6.14. The predicted molar refractivity (Wildman–Crippen MR) is 72.5 cm³/mol. The van der Waals surface area contributed by atoms with E-state index < -0.39 is 5.97 Å². The van der Waals surface area contributed by atoms with E-state index in [1.54, 1.807) is 0 Å². The van der Waals surface area contributed by atoms with Crippen LogP contribution in [0.1, 0.15) is 32.3 Å². The van der Waals surface area contributed by atoms with Crippen LogP contribution < -0.4 is 0 Å². The number of thioether (sulfide) groups is 1. The Morgan fingerprint density at radius 3 is 2.35 bits per heavy atom. The Balaban J connectivity index is 2.87. The van der Waals surface area contributed by atoms with Crippen molar-refractivity contribution in [2.24, 2.45) is 5.92 Å². The molecule has 0 aliphatic rings. The lowest BCUT2D eigenvalue weighted by Gasteiger charge is -2.21. The van der Waals surface area contributed by atoms with Crippen LogP contribution in [0.5, 0.6) is 0 Å². The fourth-order valence-electron chi connectivity index (χ4n) is 1.89.